The lowest BCUT2D eigenvalue weighted by molar-refractivity contribution is 1.14. The van der Waals surface area contributed by atoms with Gasteiger partial charge in [-0.2, -0.15) is 0 Å². The second-order valence-electron chi connectivity index (χ2n) is 13.3. The van der Waals surface area contributed by atoms with Gasteiger partial charge in [0.15, 0.2) is 0 Å². The van der Waals surface area contributed by atoms with Gasteiger partial charge in [0.1, 0.15) is 0 Å². The maximum Gasteiger partial charge on any atom is 0.0978 e. The van der Waals surface area contributed by atoms with Gasteiger partial charge in [-0.05, 0) is 107 Å². The smallest absolute Gasteiger partial charge is 0.0978 e. The molecule has 52 heavy (non-hydrogen) atoms. The molecule has 6 heterocycles. The lowest BCUT2D eigenvalue weighted by Crippen LogP contribution is -1.95. The van der Waals surface area contributed by atoms with Gasteiger partial charge in [-0.25, -0.2) is 0 Å². The van der Waals surface area contributed by atoms with E-state index in [0.717, 1.165) is 68.1 Å². The van der Waals surface area contributed by atoms with Crippen LogP contribution in [-0.4, -0.2) is 29.1 Å². The molecule has 6 nitrogen and oxygen atoms in total. The molecule has 0 amide bonds. The molecule has 4 aromatic carbocycles. The van der Waals surface area contributed by atoms with Gasteiger partial charge in [0.2, 0.25) is 0 Å². The fourth-order valence-electron chi connectivity index (χ4n) is 7.54. The summed E-state index contributed by atoms with van der Waals surface area (Å²) >= 11 is 0. The predicted molar refractivity (Wildman–Crippen MR) is 210 cm³/mol. The molecule has 10 aromatic rings. The van der Waals surface area contributed by atoms with E-state index in [4.69, 9.17) is 0 Å². The normalized spacial score (nSPS) is 11.6. The highest BCUT2D eigenvalue weighted by Crippen LogP contribution is 2.32. The fourth-order valence-corrected chi connectivity index (χ4v) is 7.54. The first-order valence-corrected chi connectivity index (χ1v) is 17.5. The highest BCUT2D eigenvalue weighted by atomic mass is 15.0. The Labute approximate surface area is 300 Å². The van der Waals surface area contributed by atoms with Crippen LogP contribution in [0.25, 0.3) is 66.4 Å². The number of rotatable bonds is 7. The van der Waals surface area contributed by atoms with Crippen molar-refractivity contribution in [1.82, 2.24) is 29.1 Å². The Morgan fingerprint density at radius 3 is 1.15 bits per heavy atom. The fraction of sp³-hybridized carbons (Fsp3) is 0.0435. The third-order valence-electron chi connectivity index (χ3n) is 10.1. The summed E-state index contributed by atoms with van der Waals surface area (Å²) in [4.78, 5) is 18.0. The zero-order chi connectivity index (χ0) is 34.4. The van der Waals surface area contributed by atoms with Crippen LogP contribution in [0.3, 0.4) is 0 Å². The topological polar surface area (TPSA) is 61.4 Å². The van der Waals surface area contributed by atoms with Gasteiger partial charge in [0.25, 0.3) is 0 Å². The number of pyridine rings is 4. The average molecular weight is 669 g/mol. The zero-order valence-corrected chi connectivity index (χ0v) is 28.3. The largest absolute Gasteiger partial charge is 0.308 e. The van der Waals surface area contributed by atoms with Crippen LogP contribution in [0.4, 0.5) is 0 Å². The molecule has 0 N–H and O–H groups in total. The molecule has 0 saturated heterocycles. The van der Waals surface area contributed by atoms with Gasteiger partial charge in [0.05, 0.1) is 33.1 Å². The second kappa shape index (κ2) is 12.4. The summed E-state index contributed by atoms with van der Waals surface area (Å²) in [7, 11) is 0. The summed E-state index contributed by atoms with van der Waals surface area (Å²) in [5.74, 6) is 0. The first kappa shape index (κ1) is 29.9. The summed E-state index contributed by atoms with van der Waals surface area (Å²) in [5.41, 5.74) is 16.2. The van der Waals surface area contributed by atoms with Crippen molar-refractivity contribution in [2.24, 2.45) is 0 Å². The highest BCUT2D eigenvalue weighted by molar-refractivity contribution is 6.07. The highest BCUT2D eigenvalue weighted by Gasteiger charge is 2.14. The molecule has 0 aliphatic rings. The Morgan fingerprint density at radius 2 is 0.750 bits per heavy atom. The Kier molecular flexibility index (Phi) is 7.17. The molecule has 6 heteroatoms. The van der Waals surface area contributed by atoms with Gasteiger partial charge in [0, 0.05) is 59.3 Å². The predicted octanol–water partition coefficient (Wildman–Crippen LogP) is 10.3. The maximum atomic E-state index is 4.64. The van der Waals surface area contributed by atoms with Crippen molar-refractivity contribution in [3.8, 4) is 22.5 Å². The Balaban J connectivity index is 0.822. The molecule has 0 bridgehead atoms. The minimum absolute atomic E-state index is 0.877. The lowest BCUT2D eigenvalue weighted by Gasteiger charge is -2.10. The monoisotopic (exact) mass is 668 g/mol. The SMILES string of the molecule is c1cnc2c3cnccc3n(-c3ccc(Cc4ccc(-c5ccc(Cc6ccc(-n7c8ccncc8c8ncccc87)cc6)cc5)cc4)cc3)c2c1. The molecule has 0 spiro atoms. The first-order chi connectivity index (χ1) is 25.8. The summed E-state index contributed by atoms with van der Waals surface area (Å²) in [6.07, 6.45) is 12.9. The van der Waals surface area contributed by atoms with Crippen molar-refractivity contribution in [3.63, 3.8) is 0 Å². The summed E-state index contributed by atoms with van der Waals surface area (Å²) < 4.78 is 4.53. The summed E-state index contributed by atoms with van der Waals surface area (Å²) in [6.45, 7) is 0. The number of fused-ring (bicyclic) bond motifs is 6. The number of aromatic nitrogens is 6. The average Bonchev–Trinajstić information content (AvgIpc) is 3.73. The molecular weight excluding hydrogens is 637 g/mol. The van der Waals surface area contributed by atoms with Crippen molar-refractivity contribution < 1.29 is 0 Å². The molecule has 0 radical (unpaired) electrons. The molecule has 0 aliphatic heterocycles. The van der Waals surface area contributed by atoms with E-state index in [1.807, 2.05) is 49.3 Å². The molecule has 10 rings (SSSR count). The molecular formula is C46H32N6. The summed E-state index contributed by atoms with van der Waals surface area (Å²) in [6, 6.07) is 48.0. The third kappa shape index (κ3) is 5.20. The molecule has 246 valence electrons. The van der Waals surface area contributed by atoms with Crippen LogP contribution in [0.5, 0.6) is 0 Å². The van der Waals surface area contributed by atoms with Crippen molar-refractivity contribution in [2.45, 2.75) is 12.8 Å². The van der Waals surface area contributed by atoms with E-state index in [2.05, 4.69) is 150 Å². The molecule has 0 atom stereocenters. The van der Waals surface area contributed by atoms with Gasteiger partial charge in [-0.3, -0.25) is 19.9 Å². The third-order valence-corrected chi connectivity index (χ3v) is 10.1. The van der Waals surface area contributed by atoms with Crippen LogP contribution in [0.15, 0.2) is 171 Å². The van der Waals surface area contributed by atoms with E-state index in [1.165, 1.54) is 33.4 Å². The zero-order valence-electron chi connectivity index (χ0n) is 28.3. The van der Waals surface area contributed by atoms with E-state index in [1.54, 1.807) is 0 Å². The van der Waals surface area contributed by atoms with Crippen molar-refractivity contribution in [2.75, 3.05) is 0 Å². The van der Waals surface area contributed by atoms with E-state index in [9.17, 15) is 0 Å². The number of benzene rings is 4. The van der Waals surface area contributed by atoms with E-state index in [0.29, 0.717) is 0 Å². The van der Waals surface area contributed by atoms with Crippen LogP contribution in [0.2, 0.25) is 0 Å². The maximum absolute atomic E-state index is 4.64. The van der Waals surface area contributed by atoms with Crippen LogP contribution in [-0.2, 0) is 12.8 Å². The lowest BCUT2D eigenvalue weighted by atomic mass is 9.98. The van der Waals surface area contributed by atoms with E-state index >= 15 is 0 Å². The second-order valence-corrected chi connectivity index (χ2v) is 13.3. The van der Waals surface area contributed by atoms with Gasteiger partial charge in [-0.1, -0.05) is 72.8 Å². The Hall–Kier alpha value is -6.92. The number of hydrogen-bond donors (Lipinski definition) is 0. The van der Waals surface area contributed by atoms with Gasteiger partial charge >= 0.3 is 0 Å². The molecule has 6 aromatic heterocycles. The Bertz CT molecular complexity index is 2560. The van der Waals surface area contributed by atoms with Crippen LogP contribution >= 0.6 is 0 Å². The van der Waals surface area contributed by atoms with Crippen LogP contribution in [0, 0.1) is 0 Å². The van der Waals surface area contributed by atoms with Crippen molar-refractivity contribution in [1.29, 1.82) is 0 Å². The standard InChI is InChI=1S/C46H32N6/c1-3-43-45(49-23-1)39-29-47-25-21-41(39)51(43)37-17-9-33(10-18-37)27-31-5-13-35(14-6-31)36-15-7-32(8-16-36)28-34-11-19-38(20-12-34)52-42-22-26-48-30-40(42)46-44(52)4-2-24-50-46/h1-26,29-30H,27-28H2. The van der Waals surface area contributed by atoms with E-state index < -0.39 is 0 Å². The number of nitrogens with zero attached hydrogens (tertiary/aromatic N) is 6. The minimum Gasteiger partial charge on any atom is -0.308 e. The summed E-state index contributed by atoms with van der Waals surface area (Å²) in [5, 5.41) is 2.13. The molecule has 0 saturated carbocycles. The minimum atomic E-state index is 0.877. The molecule has 0 aliphatic carbocycles. The van der Waals surface area contributed by atoms with Gasteiger partial charge < -0.3 is 9.13 Å². The van der Waals surface area contributed by atoms with E-state index in [-0.39, 0.29) is 0 Å². The molecule has 0 fully saturated rings. The number of hydrogen-bond acceptors (Lipinski definition) is 4. The van der Waals surface area contributed by atoms with Crippen LogP contribution in [0.1, 0.15) is 22.3 Å². The van der Waals surface area contributed by atoms with Crippen molar-refractivity contribution >= 4 is 43.9 Å². The van der Waals surface area contributed by atoms with Crippen LogP contribution < -0.4 is 0 Å². The first-order valence-electron chi connectivity index (χ1n) is 17.5. The quantitative estimate of drug-likeness (QED) is 0.170. The molecule has 0 unspecified atom stereocenters. The van der Waals surface area contributed by atoms with Crippen molar-refractivity contribution in [3.05, 3.63) is 193 Å². The van der Waals surface area contributed by atoms with Gasteiger partial charge in [-0.15, -0.1) is 0 Å². The Morgan fingerprint density at radius 1 is 0.365 bits per heavy atom.